The molecule has 2 aromatic rings. The SMILES string of the molecule is Cc1ccc(C)c(OCc2nnc(SCC(=O)N(C)C)o2)c1. The summed E-state index contributed by atoms with van der Waals surface area (Å²) in [6.07, 6.45) is 0. The van der Waals surface area contributed by atoms with E-state index in [0.29, 0.717) is 11.1 Å². The number of carbonyl (C=O) groups excluding carboxylic acids is 1. The molecule has 1 amide bonds. The molecule has 6 nitrogen and oxygen atoms in total. The Labute approximate surface area is 133 Å². The Morgan fingerprint density at radius 1 is 1.32 bits per heavy atom. The minimum atomic E-state index is -0.00335. The Bertz CT molecular complexity index is 655. The summed E-state index contributed by atoms with van der Waals surface area (Å²) < 4.78 is 11.2. The first-order valence-electron chi connectivity index (χ1n) is 6.81. The molecule has 0 unspecified atom stereocenters. The lowest BCUT2D eigenvalue weighted by molar-refractivity contribution is -0.125. The Balaban J connectivity index is 1.89. The van der Waals surface area contributed by atoms with Crippen molar-refractivity contribution in [2.75, 3.05) is 19.8 Å². The fourth-order valence-corrected chi connectivity index (χ4v) is 2.37. The second kappa shape index (κ2) is 7.31. The van der Waals surface area contributed by atoms with E-state index >= 15 is 0 Å². The van der Waals surface area contributed by atoms with E-state index in [1.807, 2.05) is 32.0 Å². The highest BCUT2D eigenvalue weighted by molar-refractivity contribution is 7.99. The van der Waals surface area contributed by atoms with Crippen LogP contribution in [-0.2, 0) is 11.4 Å². The van der Waals surface area contributed by atoms with E-state index in [1.165, 1.54) is 16.7 Å². The number of benzene rings is 1. The van der Waals surface area contributed by atoms with Crippen molar-refractivity contribution in [3.05, 3.63) is 35.2 Å². The molecule has 1 aromatic heterocycles. The number of hydrogen-bond acceptors (Lipinski definition) is 6. The number of aromatic nitrogens is 2. The van der Waals surface area contributed by atoms with Crippen LogP contribution < -0.4 is 4.74 Å². The molecule has 7 heteroatoms. The van der Waals surface area contributed by atoms with Crippen molar-refractivity contribution >= 4 is 17.7 Å². The molecule has 0 radical (unpaired) electrons. The van der Waals surface area contributed by atoms with Crippen molar-refractivity contribution in [2.45, 2.75) is 25.7 Å². The topological polar surface area (TPSA) is 68.5 Å². The number of aryl methyl sites for hydroxylation is 2. The number of amides is 1. The number of nitrogens with zero attached hydrogens (tertiary/aromatic N) is 3. The van der Waals surface area contributed by atoms with Gasteiger partial charge in [0.1, 0.15) is 5.75 Å². The third kappa shape index (κ3) is 4.49. The summed E-state index contributed by atoms with van der Waals surface area (Å²) in [6, 6.07) is 6.01. The largest absolute Gasteiger partial charge is 0.484 e. The van der Waals surface area contributed by atoms with E-state index < -0.39 is 0 Å². The van der Waals surface area contributed by atoms with Crippen LogP contribution >= 0.6 is 11.8 Å². The van der Waals surface area contributed by atoms with Gasteiger partial charge in [0.15, 0.2) is 6.61 Å². The molecule has 0 aliphatic heterocycles. The fourth-order valence-electron chi connectivity index (χ4n) is 1.61. The standard InChI is InChI=1S/C15H19N3O3S/c1-10-5-6-11(2)12(7-10)20-8-13-16-17-15(21-13)22-9-14(19)18(3)4/h5-7H,8-9H2,1-4H3. The maximum atomic E-state index is 11.5. The molecule has 0 aliphatic carbocycles. The minimum absolute atomic E-state index is 0.00335. The summed E-state index contributed by atoms with van der Waals surface area (Å²) in [5.74, 6) is 1.46. The second-order valence-electron chi connectivity index (χ2n) is 5.10. The summed E-state index contributed by atoms with van der Waals surface area (Å²) in [7, 11) is 3.42. The highest BCUT2D eigenvalue weighted by Crippen LogP contribution is 2.21. The van der Waals surface area contributed by atoms with Gasteiger partial charge in [-0.15, -0.1) is 10.2 Å². The summed E-state index contributed by atoms with van der Waals surface area (Å²) in [4.78, 5) is 13.0. The summed E-state index contributed by atoms with van der Waals surface area (Å²) in [6.45, 7) is 4.20. The van der Waals surface area contributed by atoms with E-state index in [2.05, 4.69) is 10.2 Å². The predicted octanol–water partition coefficient (Wildman–Crippen LogP) is 2.45. The summed E-state index contributed by atoms with van der Waals surface area (Å²) >= 11 is 1.22. The van der Waals surface area contributed by atoms with Gasteiger partial charge in [0.05, 0.1) is 5.75 Å². The van der Waals surface area contributed by atoms with Crippen LogP contribution in [0, 0.1) is 13.8 Å². The molecule has 0 bridgehead atoms. The lowest BCUT2D eigenvalue weighted by atomic mass is 10.1. The van der Waals surface area contributed by atoms with Gasteiger partial charge >= 0.3 is 0 Å². The Kier molecular flexibility index (Phi) is 5.43. The Morgan fingerprint density at radius 2 is 2.09 bits per heavy atom. The van der Waals surface area contributed by atoms with Crippen LogP contribution in [0.2, 0.25) is 0 Å². The van der Waals surface area contributed by atoms with Gasteiger partial charge in [0.25, 0.3) is 11.1 Å². The molecular weight excluding hydrogens is 302 g/mol. The van der Waals surface area contributed by atoms with Crippen LogP contribution in [-0.4, -0.2) is 40.9 Å². The number of carbonyl (C=O) groups is 1. The maximum Gasteiger partial charge on any atom is 0.277 e. The molecule has 22 heavy (non-hydrogen) atoms. The van der Waals surface area contributed by atoms with E-state index in [1.54, 1.807) is 14.1 Å². The minimum Gasteiger partial charge on any atom is -0.484 e. The Hall–Kier alpha value is -2.02. The van der Waals surface area contributed by atoms with Gasteiger partial charge < -0.3 is 14.1 Å². The van der Waals surface area contributed by atoms with Crippen LogP contribution in [0.4, 0.5) is 0 Å². The lowest BCUT2D eigenvalue weighted by Gasteiger charge is -2.08. The van der Waals surface area contributed by atoms with Crippen molar-refractivity contribution in [1.82, 2.24) is 15.1 Å². The van der Waals surface area contributed by atoms with Crippen LogP contribution in [0.5, 0.6) is 5.75 Å². The van der Waals surface area contributed by atoms with Crippen LogP contribution in [0.15, 0.2) is 27.8 Å². The highest BCUT2D eigenvalue weighted by atomic mass is 32.2. The average molecular weight is 321 g/mol. The van der Waals surface area contributed by atoms with Gasteiger partial charge in [-0.05, 0) is 31.0 Å². The fraction of sp³-hybridized carbons (Fsp3) is 0.400. The molecule has 0 saturated heterocycles. The number of rotatable bonds is 6. The third-order valence-corrected chi connectivity index (χ3v) is 3.76. The van der Waals surface area contributed by atoms with Gasteiger partial charge in [-0.3, -0.25) is 4.79 Å². The van der Waals surface area contributed by atoms with Crippen molar-refractivity contribution < 1.29 is 13.9 Å². The molecule has 0 atom stereocenters. The normalized spacial score (nSPS) is 10.5. The van der Waals surface area contributed by atoms with Crippen molar-refractivity contribution in [1.29, 1.82) is 0 Å². The monoisotopic (exact) mass is 321 g/mol. The molecule has 1 heterocycles. The molecule has 0 saturated carbocycles. The molecule has 118 valence electrons. The zero-order valence-corrected chi connectivity index (χ0v) is 13.9. The van der Waals surface area contributed by atoms with Crippen LogP contribution in [0.3, 0.4) is 0 Å². The smallest absolute Gasteiger partial charge is 0.277 e. The predicted molar refractivity (Wildman–Crippen MR) is 84.0 cm³/mol. The number of thioether (sulfide) groups is 1. The first kappa shape index (κ1) is 16.4. The third-order valence-electron chi connectivity index (χ3n) is 2.96. The van der Waals surface area contributed by atoms with Gasteiger partial charge in [0.2, 0.25) is 5.91 Å². The van der Waals surface area contributed by atoms with Gasteiger partial charge in [-0.1, -0.05) is 23.9 Å². The maximum absolute atomic E-state index is 11.5. The van der Waals surface area contributed by atoms with Gasteiger partial charge in [-0.2, -0.15) is 0 Å². The molecule has 0 fully saturated rings. The lowest BCUT2D eigenvalue weighted by Crippen LogP contribution is -2.23. The molecule has 2 rings (SSSR count). The number of hydrogen-bond donors (Lipinski definition) is 0. The highest BCUT2D eigenvalue weighted by Gasteiger charge is 2.11. The zero-order valence-electron chi connectivity index (χ0n) is 13.1. The first-order chi connectivity index (χ1) is 10.5. The van der Waals surface area contributed by atoms with Crippen molar-refractivity contribution in [2.24, 2.45) is 0 Å². The molecule has 0 aliphatic rings. The van der Waals surface area contributed by atoms with E-state index in [0.717, 1.165) is 16.9 Å². The average Bonchev–Trinajstić information content (AvgIpc) is 2.93. The molecule has 0 N–H and O–H groups in total. The van der Waals surface area contributed by atoms with E-state index in [9.17, 15) is 4.79 Å². The molecular formula is C15H19N3O3S. The van der Waals surface area contributed by atoms with Crippen LogP contribution in [0.25, 0.3) is 0 Å². The van der Waals surface area contributed by atoms with Crippen molar-refractivity contribution in [3.63, 3.8) is 0 Å². The van der Waals surface area contributed by atoms with Gasteiger partial charge in [-0.25, -0.2) is 0 Å². The van der Waals surface area contributed by atoms with Crippen LogP contribution in [0.1, 0.15) is 17.0 Å². The zero-order chi connectivity index (χ0) is 16.1. The summed E-state index contributed by atoms with van der Waals surface area (Å²) in [5.41, 5.74) is 2.18. The Morgan fingerprint density at radius 3 is 2.82 bits per heavy atom. The first-order valence-corrected chi connectivity index (χ1v) is 7.79. The van der Waals surface area contributed by atoms with Gasteiger partial charge in [0, 0.05) is 14.1 Å². The number of ether oxygens (including phenoxy) is 1. The molecule has 0 spiro atoms. The quantitative estimate of drug-likeness (QED) is 0.761. The van der Waals surface area contributed by atoms with E-state index in [-0.39, 0.29) is 18.3 Å². The second-order valence-corrected chi connectivity index (χ2v) is 6.02. The van der Waals surface area contributed by atoms with E-state index in [4.69, 9.17) is 9.15 Å². The summed E-state index contributed by atoms with van der Waals surface area (Å²) in [5, 5.41) is 8.18. The molecule has 1 aromatic carbocycles. The van der Waals surface area contributed by atoms with Crippen molar-refractivity contribution in [3.8, 4) is 5.75 Å².